The molecule has 5 nitrogen and oxygen atoms in total. The third-order valence-electron chi connectivity index (χ3n) is 3.86. The molecule has 0 atom stereocenters. The van der Waals surface area contributed by atoms with Crippen molar-refractivity contribution < 1.29 is 17.2 Å². The molecular weight excluding hydrogens is 499 g/mol. The van der Waals surface area contributed by atoms with Crippen LogP contribution in [0.25, 0.3) is 0 Å². The number of sulfone groups is 1. The maximum atomic E-state index is 13.7. The molecule has 0 fully saturated rings. The van der Waals surface area contributed by atoms with Crippen LogP contribution in [0.5, 0.6) is 0 Å². The van der Waals surface area contributed by atoms with Crippen LogP contribution in [0.4, 0.5) is 8.78 Å². The van der Waals surface area contributed by atoms with Gasteiger partial charge in [0.25, 0.3) is 0 Å². The van der Waals surface area contributed by atoms with Crippen LogP contribution in [0.1, 0.15) is 23.6 Å². The highest BCUT2D eigenvalue weighted by atomic mass is 127. The van der Waals surface area contributed by atoms with Crippen LogP contribution in [0.2, 0.25) is 0 Å². The number of guanidine groups is 1. The van der Waals surface area contributed by atoms with Gasteiger partial charge in [0.05, 0.1) is 11.4 Å². The van der Waals surface area contributed by atoms with Crippen molar-refractivity contribution >= 4 is 39.8 Å². The van der Waals surface area contributed by atoms with Crippen LogP contribution in [-0.4, -0.2) is 27.2 Å². The minimum Gasteiger partial charge on any atom is -0.357 e. The summed E-state index contributed by atoms with van der Waals surface area (Å²) in [4.78, 5) is 4.71. The van der Waals surface area contributed by atoms with Crippen molar-refractivity contribution in [3.63, 3.8) is 0 Å². The fourth-order valence-corrected chi connectivity index (χ4v) is 3.55. The molecule has 0 aromatic heterocycles. The van der Waals surface area contributed by atoms with Crippen molar-refractivity contribution in [1.82, 2.24) is 10.6 Å². The Hall–Kier alpha value is -1.75. The molecule has 0 heterocycles. The number of hydrogen-bond donors (Lipinski definition) is 2. The predicted molar refractivity (Wildman–Crippen MR) is 118 cm³/mol. The standard InChI is InChI=1S/C19H23F2N3O2S.HI/c1-4-22-19(24-12-15-10-16(20)6-7-17(15)21)23-11-14-5-8-18(13(2)9-14)27(3,25)26;/h5-10H,4,11-12H2,1-3H3,(H2,22,23,24);1H. The molecule has 0 aliphatic carbocycles. The van der Waals surface area contributed by atoms with Crippen LogP contribution in [-0.2, 0) is 22.9 Å². The lowest BCUT2D eigenvalue weighted by molar-refractivity contribution is 0.581. The molecule has 2 rings (SSSR count). The third-order valence-corrected chi connectivity index (χ3v) is 5.11. The summed E-state index contributed by atoms with van der Waals surface area (Å²) < 4.78 is 50.3. The molecule has 154 valence electrons. The Morgan fingerprint density at radius 3 is 2.43 bits per heavy atom. The Bertz CT molecular complexity index is 950. The Morgan fingerprint density at radius 2 is 1.82 bits per heavy atom. The number of nitrogens with one attached hydrogen (secondary N) is 2. The van der Waals surface area contributed by atoms with Gasteiger partial charge >= 0.3 is 0 Å². The first-order chi connectivity index (χ1) is 12.7. The zero-order chi connectivity index (χ0) is 20.0. The zero-order valence-electron chi connectivity index (χ0n) is 15.9. The second-order valence-corrected chi connectivity index (χ2v) is 8.14. The van der Waals surface area contributed by atoms with Crippen molar-refractivity contribution in [2.75, 3.05) is 12.8 Å². The summed E-state index contributed by atoms with van der Waals surface area (Å²) in [7, 11) is -3.26. The lowest BCUT2D eigenvalue weighted by atomic mass is 10.1. The average Bonchev–Trinajstić information content (AvgIpc) is 2.59. The SMILES string of the molecule is CCNC(=NCc1ccc(S(C)(=O)=O)c(C)c1)NCc1cc(F)ccc1F.I. The number of benzene rings is 2. The minimum atomic E-state index is -3.26. The van der Waals surface area contributed by atoms with Crippen LogP contribution in [0.3, 0.4) is 0 Å². The Balaban J connectivity index is 0.00000392. The van der Waals surface area contributed by atoms with E-state index in [1.165, 1.54) is 6.26 Å². The van der Waals surface area contributed by atoms with Gasteiger partial charge in [-0.25, -0.2) is 22.2 Å². The number of aryl methyl sites for hydroxylation is 1. The highest BCUT2D eigenvalue weighted by molar-refractivity contribution is 14.0. The summed E-state index contributed by atoms with van der Waals surface area (Å²) in [6.45, 7) is 4.63. The average molecular weight is 523 g/mol. The molecule has 28 heavy (non-hydrogen) atoms. The van der Waals surface area contributed by atoms with E-state index in [1.807, 2.05) is 6.92 Å². The molecule has 2 aromatic carbocycles. The molecule has 0 amide bonds. The van der Waals surface area contributed by atoms with Gasteiger partial charge in [-0.1, -0.05) is 12.1 Å². The van der Waals surface area contributed by atoms with E-state index in [-0.39, 0.29) is 36.1 Å². The highest BCUT2D eigenvalue weighted by Crippen LogP contribution is 2.17. The number of rotatable bonds is 6. The Morgan fingerprint density at radius 1 is 1.11 bits per heavy atom. The highest BCUT2D eigenvalue weighted by Gasteiger charge is 2.11. The van der Waals surface area contributed by atoms with Crippen molar-refractivity contribution in [2.45, 2.75) is 31.8 Å². The van der Waals surface area contributed by atoms with Gasteiger partial charge in [0.2, 0.25) is 0 Å². The largest absolute Gasteiger partial charge is 0.357 e. The summed E-state index contributed by atoms with van der Waals surface area (Å²) in [5.74, 6) is -0.547. The van der Waals surface area contributed by atoms with Crippen molar-refractivity contribution in [3.05, 3.63) is 64.7 Å². The fraction of sp³-hybridized carbons (Fsp3) is 0.316. The van der Waals surface area contributed by atoms with Crippen LogP contribution < -0.4 is 10.6 Å². The lowest BCUT2D eigenvalue weighted by Gasteiger charge is -2.12. The smallest absolute Gasteiger partial charge is 0.191 e. The maximum absolute atomic E-state index is 13.7. The summed E-state index contributed by atoms with van der Waals surface area (Å²) in [6.07, 6.45) is 1.17. The zero-order valence-corrected chi connectivity index (χ0v) is 19.1. The van der Waals surface area contributed by atoms with E-state index in [2.05, 4.69) is 15.6 Å². The summed E-state index contributed by atoms with van der Waals surface area (Å²) in [5.41, 5.74) is 1.70. The molecule has 0 aliphatic rings. The van der Waals surface area contributed by atoms with Crippen molar-refractivity contribution in [1.29, 1.82) is 0 Å². The van der Waals surface area contributed by atoms with E-state index >= 15 is 0 Å². The van der Waals surface area contributed by atoms with Gasteiger partial charge in [-0.15, -0.1) is 24.0 Å². The molecule has 0 saturated carbocycles. The van der Waals surface area contributed by atoms with Gasteiger partial charge in [0.15, 0.2) is 15.8 Å². The molecule has 0 bridgehead atoms. The van der Waals surface area contributed by atoms with Gasteiger partial charge in [-0.3, -0.25) is 0 Å². The number of halogens is 3. The maximum Gasteiger partial charge on any atom is 0.191 e. The van der Waals surface area contributed by atoms with Gasteiger partial charge in [0.1, 0.15) is 11.6 Å². The van der Waals surface area contributed by atoms with Gasteiger partial charge in [-0.2, -0.15) is 0 Å². The fourth-order valence-electron chi connectivity index (χ4n) is 2.60. The Kier molecular flexibility index (Phi) is 9.28. The number of aliphatic imine (C=N–C) groups is 1. The van der Waals surface area contributed by atoms with Crippen molar-refractivity contribution in [3.8, 4) is 0 Å². The van der Waals surface area contributed by atoms with E-state index in [4.69, 9.17) is 0 Å². The topological polar surface area (TPSA) is 70.6 Å². The third kappa shape index (κ3) is 7.01. The normalized spacial score (nSPS) is 11.7. The van der Waals surface area contributed by atoms with E-state index in [0.717, 1.165) is 23.8 Å². The number of nitrogens with zero attached hydrogens (tertiary/aromatic N) is 1. The van der Waals surface area contributed by atoms with Crippen LogP contribution in [0, 0.1) is 18.6 Å². The van der Waals surface area contributed by atoms with E-state index in [0.29, 0.717) is 29.5 Å². The quantitative estimate of drug-likeness (QED) is 0.345. The van der Waals surface area contributed by atoms with E-state index in [1.54, 1.807) is 25.1 Å². The monoisotopic (exact) mass is 523 g/mol. The Labute approximate surface area is 181 Å². The van der Waals surface area contributed by atoms with E-state index < -0.39 is 21.5 Å². The van der Waals surface area contributed by atoms with Gasteiger partial charge in [0, 0.05) is 24.9 Å². The molecule has 2 aromatic rings. The molecule has 0 spiro atoms. The van der Waals surface area contributed by atoms with E-state index in [9.17, 15) is 17.2 Å². The lowest BCUT2D eigenvalue weighted by Crippen LogP contribution is -2.37. The van der Waals surface area contributed by atoms with Crippen molar-refractivity contribution in [2.24, 2.45) is 4.99 Å². The first kappa shape index (κ1) is 24.3. The summed E-state index contributed by atoms with van der Waals surface area (Å²) in [5, 5.41) is 6.00. The van der Waals surface area contributed by atoms with Crippen LogP contribution in [0.15, 0.2) is 46.3 Å². The van der Waals surface area contributed by atoms with Gasteiger partial charge < -0.3 is 10.6 Å². The van der Waals surface area contributed by atoms with Gasteiger partial charge in [-0.05, 0) is 49.2 Å². The first-order valence-electron chi connectivity index (χ1n) is 8.46. The second-order valence-electron chi connectivity index (χ2n) is 6.16. The summed E-state index contributed by atoms with van der Waals surface area (Å²) in [6, 6.07) is 8.35. The molecular formula is C19H24F2IN3O2S. The first-order valence-corrected chi connectivity index (χ1v) is 10.4. The molecule has 0 aliphatic heterocycles. The number of hydrogen-bond acceptors (Lipinski definition) is 3. The minimum absolute atomic E-state index is 0. The second kappa shape index (κ2) is 10.7. The van der Waals surface area contributed by atoms with Crippen LogP contribution >= 0.6 is 24.0 Å². The summed E-state index contributed by atoms with van der Waals surface area (Å²) >= 11 is 0. The molecule has 2 N–H and O–H groups in total. The molecule has 0 radical (unpaired) electrons. The molecule has 0 saturated heterocycles. The predicted octanol–water partition coefficient (Wildman–Crippen LogP) is 3.55. The molecule has 9 heteroatoms. The molecule has 0 unspecified atom stereocenters.